The van der Waals surface area contributed by atoms with Gasteiger partial charge in [0.15, 0.2) is 0 Å². The second-order valence-corrected chi connectivity index (χ2v) is 3.63. The SMILES string of the molecule is Cl.Fc1c(Cl)cccc1[C@H]1COCCN1. The molecule has 0 unspecified atom stereocenters. The lowest BCUT2D eigenvalue weighted by molar-refractivity contribution is 0.0757. The van der Waals surface area contributed by atoms with Crippen LogP contribution in [0.1, 0.15) is 11.6 Å². The molecule has 0 amide bonds. The van der Waals surface area contributed by atoms with Crippen molar-refractivity contribution in [1.29, 1.82) is 0 Å². The van der Waals surface area contributed by atoms with Crippen molar-refractivity contribution < 1.29 is 9.13 Å². The number of hydrogen-bond donors (Lipinski definition) is 1. The smallest absolute Gasteiger partial charge is 0.146 e. The molecule has 84 valence electrons. The molecule has 0 radical (unpaired) electrons. The summed E-state index contributed by atoms with van der Waals surface area (Å²) in [4.78, 5) is 0. The highest BCUT2D eigenvalue weighted by Crippen LogP contribution is 2.24. The van der Waals surface area contributed by atoms with Gasteiger partial charge in [-0.15, -0.1) is 12.4 Å². The molecule has 1 aromatic rings. The summed E-state index contributed by atoms with van der Waals surface area (Å²) in [5.41, 5.74) is 0.581. The molecular formula is C10H12Cl2FNO. The highest BCUT2D eigenvalue weighted by Gasteiger charge is 2.19. The van der Waals surface area contributed by atoms with Gasteiger partial charge < -0.3 is 10.1 Å². The fourth-order valence-electron chi connectivity index (χ4n) is 1.55. The molecule has 1 atom stereocenters. The van der Waals surface area contributed by atoms with Crippen molar-refractivity contribution in [3.8, 4) is 0 Å². The van der Waals surface area contributed by atoms with Crippen LogP contribution in [-0.4, -0.2) is 19.8 Å². The Kier molecular flexibility index (Phi) is 4.80. The van der Waals surface area contributed by atoms with Crippen molar-refractivity contribution in [1.82, 2.24) is 5.32 Å². The number of nitrogens with one attached hydrogen (secondary N) is 1. The van der Waals surface area contributed by atoms with Crippen LogP contribution in [0.3, 0.4) is 0 Å². The lowest BCUT2D eigenvalue weighted by Gasteiger charge is -2.24. The molecule has 1 aliphatic heterocycles. The predicted molar refractivity (Wildman–Crippen MR) is 60.2 cm³/mol. The second kappa shape index (κ2) is 5.66. The Bertz CT molecular complexity index is 329. The molecule has 0 aromatic heterocycles. The average Bonchev–Trinajstić information content (AvgIpc) is 2.23. The minimum atomic E-state index is -0.350. The standard InChI is InChI=1S/C10H11ClFNO.ClH/c11-8-3-1-2-7(10(8)12)9-6-14-5-4-13-9;/h1-3,9,13H,4-6H2;1H/t9-;/m1./s1. The largest absolute Gasteiger partial charge is 0.378 e. The number of hydrogen-bond acceptors (Lipinski definition) is 2. The van der Waals surface area contributed by atoms with Gasteiger partial charge in [-0.1, -0.05) is 23.7 Å². The quantitative estimate of drug-likeness (QED) is 0.829. The van der Waals surface area contributed by atoms with Crippen molar-refractivity contribution >= 4 is 24.0 Å². The van der Waals surface area contributed by atoms with E-state index in [9.17, 15) is 4.39 Å². The molecule has 2 rings (SSSR count). The fourth-order valence-corrected chi connectivity index (χ4v) is 1.74. The number of morpholine rings is 1. The highest BCUT2D eigenvalue weighted by atomic mass is 35.5. The van der Waals surface area contributed by atoms with Gasteiger partial charge in [-0.2, -0.15) is 0 Å². The molecule has 1 N–H and O–H groups in total. The van der Waals surface area contributed by atoms with Gasteiger partial charge in [0, 0.05) is 12.1 Å². The molecule has 1 aromatic carbocycles. The summed E-state index contributed by atoms with van der Waals surface area (Å²) in [7, 11) is 0. The van der Waals surface area contributed by atoms with E-state index in [4.69, 9.17) is 16.3 Å². The van der Waals surface area contributed by atoms with Crippen LogP contribution in [-0.2, 0) is 4.74 Å². The van der Waals surface area contributed by atoms with Gasteiger partial charge in [-0.3, -0.25) is 0 Å². The third kappa shape index (κ3) is 2.82. The Morgan fingerprint density at radius 1 is 1.47 bits per heavy atom. The van der Waals surface area contributed by atoms with E-state index in [0.717, 1.165) is 6.54 Å². The van der Waals surface area contributed by atoms with Crippen molar-refractivity contribution in [3.63, 3.8) is 0 Å². The summed E-state index contributed by atoms with van der Waals surface area (Å²) < 4.78 is 18.8. The molecule has 1 heterocycles. The molecule has 0 spiro atoms. The van der Waals surface area contributed by atoms with Gasteiger partial charge in [0.2, 0.25) is 0 Å². The summed E-state index contributed by atoms with van der Waals surface area (Å²) in [5, 5.41) is 3.34. The van der Waals surface area contributed by atoms with Gasteiger partial charge >= 0.3 is 0 Å². The first kappa shape index (κ1) is 12.7. The number of rotatable bonds is 1. The number of ether oxygens (including phenoxy) is 1. The lowest BCUT2D eigenvalue weighted by Crippen LogP contribution is -2.35. The summed E-state index contributed by atoms with van der Waals surface area (Å²) >= 11 is 5.69. The summed E-state index contributed by atoms with van der Waals surface area (Å²) in [6.07, 6.45) is 0. The zero-order chi connectivity index (χ0) is 9.97. The van der Waals surface area contributed by atoms with Crippen molar-refractivity contribution in [2.24, 2.45) is 0 Å². The van der Waals surface area contributed by atoms with Gasteiger partial charge in [0.05, 0.1) is 24.3 Å². The molecule has 1 fully saturated rings. The summed E-state index contributed by atoms with van der Waals surface area (Å²) in [5.74, 6) is -0.350. The van der Waals surface area contributed by atoms with E-state index in [1.54, 1.807) is 18.2 Å². The highest BCUT2D eigenvalue weighted by molar-refractivity contribution is 6.30. The van der Waals surface area contributed by atoms with E-state index in [1.807, 2.05) is 0 Å². The van der Waals surface area contributed by atoms with Gasteiger partial charge in [0.1, 0.15) is 5.82 Å². The molecule has 1 aliphatic rings. The van der Waals surface area contributed by atoms with Crippen molar-refractivity contribution in [2.75, 3.05) is 19.8 Å². The van der Waals surface area contributed by atoms with E-state index in [-0.39, 0.29) is 29.3 Å². The van der Waals surface area contributed by atoms with E-state index >= 15 is 0 Å². The first-order valence-corrected chi connectivity index (χ1v) is 4.92. The maximum Gasteiger partial charge on any atom is 0.146 e. The van der Waals surface area contributed by atoms with Crippen LogP contribution in [0, 0.1) is 5.82 Å². The molecule has 1 saturated heterocycles. The molecule has 15 heavy (non-hydrogen) atoms. The van der Waals surface area contributed by atoms with Crippen LogP contribution < -0.4 is 5.32 Å². The van der Waals surface area contributed by atoms with Crippen LogP contribution in [0.15, 0.2) is 18.2 Å². The molecule has 0 aliphatic carbocycles. The fraction of sp³-hybridized carbons (Fsp3) is 0.400. The second-order valence-electron chi connectivity index (χ2n) is 3.22. The Hall–Kier alpha value is -0.350. The Balaban J connectivity index is 0.00000112. The minimum Gasteiger partial charge on any atom is -0.378 e. The van der Waals surface area contributed by atoms with Crippen LogP contribution in [0.4, 0.5) is 4.39 Å². The van der Waals surface area contributed by atoms with E-state index in [0.29, 0.717) is 18.8 Å². The summed E-state index contributed by atoms with van der Waals surface area (Å²) in [6.45, 7) is 1.92. The molecule has 0 saturated carbocycles. The zero-order valence-electron chi connectivity index (χ0n) is 8.00. The van der Waals surface area contributed by atoms with Gasteiger partial charge in [0.25, 0.3) is 0 Å². The molecular weight excluding hydrogens is 240 g/mol. The Morgan fingerprint density at radius 3 is 2.93 bits per heavy atom. The molecule has 5 heteroatoms. The normalized spacial score (nSPS) is 20.8. The molecule has 0 bridgehead atoms. The predicted octanol–water partition coefficient (Wildman–Crippen LogP) is 2.56. The van der Waals surface area contributed by atoms with Crippen LogP contribution in [0.25, 0.3) is 0 Å². The third-order valence-corrected chi connectivity index (χ3v) is 2.57. The average molecular weight is 252 g/mol. The minimum absolute atomic E-state index is 0. The Labute approximate surface area is 99.2 Å². The van der Waals surface area contributed by atoms with Crippen LogP contribution >= 0.6 is 24.0 Å². The van der Waals surface area contributed by atoms with Crippen molar-refractivity contribution in [3.05, 3.63) is 34.6 Å². The summed E-state index contributed by atoms with van der Waals surface area (Å²) in [6, 6.07) is 4.94. The first-order chi connectivity index (χ1) is 6.79. The molecule has 2 nitrogen and oxygen atoms in total. The third-order valence-electron chi connectivity index (χ3n) is 2.28. The van der Waals surface area contributed by atoms with Crippen molar-refractivity contribution in [2.45, 2.75) is 6.04 Å². The lowest BCUT2D eigenvalue weighted by atomic mass is 10.1. The topological polar surface area (TPSA) is 21.3 Å². The first-order valence-electron chi connectivity index (χ1n) is 4.54. The van der Waals surface area contributed by atoms with E-state index < -0.39 is 0 Å². The maximum atomic E-state index is 13.6. The number of benzene rings is 1. The monoisotopic (exact) mass is 251 g/mol. The zero-order valence-corrected chi connectivity index (χ0v) is 9.58. The van der Waals surface area contributed by atoms with E-state index in [2.05, 4.69) is 5.32 Å². The number of halogens is 3. The Morgan fingerprint density at radius 2 is 2.27 bits per heavy atom. The van der Waals surface area contributed by atoms with Crippen LogP contribution in [0.2, 0.25) is 5.02 Å². The maximum absolute atomic E-state index is 13.6. The van der Waals surface area contributed by atoms with Gasteiger partial charge in [-0.05, 0) is 6.07 Å². The van der Waals surface area contributed by atoms with Crippen LogP contribution in [0.5, 0.6) is 0 Å². The van der Waals surface area contributed by atoms with Gasteiger partial charge in [-0.25, -0.2) is 4.39 Å². The van der Waals surface area contributed by atoms with E-state index in [1.165, 1.54) is 0 Å².